The van der Waals surface area contributed by atoms with Gasteiger partial charge in [-0.15, -0.1) is 0 Å². The fraction of sp³-hybridized carbons (Fsp3) is 0.529. The quantitative estimate of drug-likeness (QED) is 0.787. The maximum Gasteiger partial charge on any atom is 0.199 e. The van der Waals surface area contributed by atoms with Crippen molar-refractivity contribution in [2.75, 3.05) is 6.54 Å². The van der Waals surface area contributed by atoms with Crippen molar-refractivity contribution in [3.05, 3.63) is 47.0 Å². The molecular weight excluding hydrogens is 292 g/mol. The summed E-state index contributed by atoms with van der Waals surface area (Å²) in [4.78, 5) is 2.51. The molecule has 4 nitrogen and oxygen atoms in total. The topological polar surface area (TPSA) is 26.0 Å². The number of hydrogen-bond acceptors (Lipinski definition) is 3. The van der Waals surface area contributed by atoms with Crippen molar-refractivity contribution in [3.8, 4) is 0 Å². The Morgan fingerprint density at radius 1 is 1.27 bits per heavy atom. The van der Waals surface area contributed by atoms with E-state index in [1.54, 1.807) is 0 Å². The lowest BCUT2D eigenvalue weighted by Gasteiger charge is -2.24. The highest BCUT2D eigenvalue weighted by Gasteiger charge is 2.25. The van der Waals surface area contributed by atoms with Gasteiger partial charge in [0, 0.05) is 18.6 Å². The molecule has 1 fully saturated rings. The maximum atomic E-state index is 5.54. The number of likely N-dealkylation sites (tertiary alicyclic amines) is 1. The molecule has 1 aliphatic heterocycles. The molecule has 22 heavy (non-hydrogen) atoms. The van der Waals surface area contributed by atoms with Gasteiger partial charge >= 0.3 is 0 Å². The lowest BCUT2D eigenvalue weighted by Crippen LogP contribution is -2.33. The third kappa shape index (κ3) is 3.31. The van der Waals surface area contributed by atoms with E-state index in [0.29, 0.717) is 12.1 Å². The molecule has 0 radical (unpaired) electrons. The summed E-state index contributed by atoms with van der Waals surface area (Å²) in [6.07, 6.45) is 5.48. The van der Waals surface area contributed by atoms with Gasteiger partial charge in [0.05, 0.1) is 6.67 Å². The molecule has 1 saturated heterocycles. The maximum absolute atomic E-state index is 5.54. The Morgan fingerprint density at radius 2 is 2.05 bits per heavy atom. The van der Waals surface area contributed by atoms with E-state index in [-0.39, 0.29) is 0 Å². The number of nitrogens with zero attached hydrogens (tertiary/aromatic N) is 4. The predicted molar refractivity (Wildman–Crippen MR) is 91.3 cm³/mol. The van der Waals surface area contributed by atoms with E-state index in [9.17, 15) is 0 Å². The van der Waals surface area contributed by atoms with Crippen LogP contribution in [0.4, 0.5) is 0 Å². The van der Waals surface area contributed by atoms with E-state index >= 15 is 0 Å². The molecule has 1 aromatic carbocycles. The van der Waals surface area contributed by atoms with Crippen LogP contribution in [0, 0.1) is 4.77 Å². The molecule has 2 aromatic rings. The Balaban J connectivity index is 1.70. The van der Waals surface area contributed by atoms with Gasteiger partial charge in [0.25, 0.3) is 0 Å². The number of hydrogen-bond donors (Lipinski definition) is 0. The van der Waals surface area contributed by atoms with Gasteiger partial charge in [0.2, 0.25) is 0 Å². The van der Waals surface area contributed by atoms with E-state index < -0.39 is 0 Å². The highest BCUT2D eigenvalue weighted by molar-refractivity contribution is 7.71. The van der Waals surface area contributed by atoms with Gasteiger partial charge < -0.3 is 4.57 Å². The fourth-order valence-electron chi connectivity index (χ4n) is 3.17. The summed E-state index contributed by atoms with van der Waals surface area (Å²) in [6, 6.07) is 11.7. The first kappa shape index (κ1) is 15.4. The standard InChI is InChI=1S/C17H24N4S/c1-14(2)20-12-18-21(17(20)22)13-19-10-6-9-16(19)11-15-7-4-3-5-8-15/h3-5,7-8,12,14,16H,6,9-11,13H2,1-2H3. The zero-order valence-corrected chi connectivity index (χ0v) is 14.2. The summed E-state index contributed by atoms with van der Waals surface area (Å²) in [7, 11) is 0. The second-order valence-corrected chi connectivity index (χ2v) is 6.72. The first-order valence-electron chi connectivity index (χ1n) is 8.07. The second-order valence-electron chi connectivity index (χ2n) is 6.35. The molecule has 0 bridgehead atoms. The van der Waals surface area contributed by atoms with Crippen LogP contribution in [0.25, 0.3) is 0 Å². The van der Waals surface area contributed by atoms with Gasteiger partial charge in [-0.05, 0) is 50.9 Å². The Kier molecular flexibility index (Phi) is 4.74. The Bertz CT molecular complexity index is 659. The minimum absolute atomic E-state index is 0.361. The summed E-state index contributed by atoms with van der Waals surface area (Å²) < 4.78 is 4.83. The number of rotatable bonds is 5. The Labute approximate surface area is 137 Å². The minimum Gasteiger partial charge on any atom is -0.304 e. The molecule has 0 spiro atoms. The minimum atomic E-state index is 0.361. The molecule has 1 aromatic heterocycles. The van der Waals surface area contributed by atoms with Crippen molar-refractivity contribution >= 4 is 12.2 Å². The van der Waals surface area contributed by atoms with Gasteiger partial charge in [0.1, 0.15) is 6.33 Å². The van der Waals surface area contributed by atoms with Crippen molar-refractivity contribution in [1.29, 1.82) is 0 Å². The molecule has 118 valence electrons. The summed E-state index contributed by atoms with van der Waals surface area (Å²) in [6.45, 7) is 6.20. The molecule has 3 rings (SSSR count). The van der Waals surface area contributed by atoms with E-state index in [1.807, 2.05) is 11.0 Å². The second kappa shape index (κ2) is 6.75. The molecule has 1 atom stereocenters. The summed E-state index contributed by atoms with van der Waals surface area (Å²) in [5, 5.41) is 4.48. The lowest BCUT2D eigenvalue weighted by molar-refractivity contribution is 0.187. The van der Waals surface area contributed by atoms with Crippen molar-refractivity contribution in [1.82, 2.24) is 19.2 Å². The van der Waals surface area contributed by atoms with Crippen LogP contribution in [0.3, 0.4) is 0 Å². The van der Waals surface area contributed by atoms with Gasteiger partial charge in [-0.2, -0.15) is 5.10 Å². The highest BCUT2D eigenvalue weighted by Crippen LogP contribution is 2.22. The SMILES string of the molecule is CC(C)n1cnn(CN2CCCC2Cc2ccccc2)c1=S. The molecule has 0 aliphatic carbocycles. The van der Waals surface area contributed by atoms with Crippen molar-refractivity contribution < 1.29 is 0 Å². The zero-order valence-electron chi connectivity index (χ0n) is 13.4. The smallest absolute Gasteiger partial charge is 0.199 e. The first-order valence-corrected chi connectivity index (χ1v) is 8.48. The first-order chi connectivity index (χ1) is 10.6. The summed E-state index contributed by atoms with van der Waals surface area (Å²) >= 11 is 5.54. The molecule has 2 heterocycles. The Morgan fingerprint density at radius 3 is 2.73 bits per heavy atom. The van der Waals surface area contributed by atoms with Gasteiger partial charge in [-0.25, -0.2) is 4.68 Å². The molecular formula is C17H24N4S. The monoisotopic (exact) mass is 316 g/mol. The van der Waals surface area contributed by atoms with Crippen LogP contribution >= 0.6 is 12.2 Å². The molecule has 1 aliphatic rings. The van der Waals surface area contributed by atoms with E-state index in [4.69, 9.17) is 12.2 Å². The number of benzene rings is 1. The average molecular weight is 316 g/mol. The van der Waals surface area contributed by atoms with Gasteiger partial charge in [-0.3, -0.25) is 4.90 Å². The van der Waals surface area contributed by atoms with E-state index in [1.165, 1.54) is 18.4 Å². The van der Waals surface area contributed by atoms with E-state index in [0.717, 1.165) is 24.4 Å². The summed E-state index contributed by atoms with van der Waals surface area (Å²) in [5.41, 5.74) is 1.41. The predicted octanol–water partition coefficient (Wildman–Crippen LogP) is 3.66. The molecule has 0 N–H and O–H groups in total. The highest BCUT2D eigenvalue weighted by atomic mass is 32.1. The lowest BCUT2D eigenvalue weighted by atomic mass is 10.0. The fourth-order valence-corrected chi connectivity index (χ4v) is 3.53. The summed E-state index contributed by atoms with van der Waals surface area (Å²) in [5.74, 6) is 0. The van der Waals surface area contributed by atoms with Gasteiger partial charge in [-0.1, -0.05) is 30.3 Å². The van der Waals surface area contributed by atoms with Crippen LogP contribution in [0.1, 0.15) is 38.3 Å². The average Bonchev–Trinajstić information content (AvgIpc) is 3.09. The van der Waals surface area contributed by atoms with E-state index in [2.05, 4.69) is 58.7 Å². The molecule has 1 unspecified atom stereocenters. The Hall–Kier alpha value is -1.46. The largest absolute Gasteiger partial charge is 0.304 e. The molecule has 0 saturated carbocycles. The van der Waals surface area contributed by atoms with Crippen LogP contribution in [0.15, 0.2) is 36.7 Å². The zero-order chi connectivity index (χ0) is 15.5. The van der Waals surface area contributed by atoms with Crippen LogP contribution < -0.4 is 0 Å². The molecule has 5 heteroatoms. The van der Waals surface area contributed by atoms with Gasteiger partial charge in [0.15, 0.2) is 4.77 Å². The van der Waals surface area contributed by atoms with Crippen molar-refractivity contribution in [2.45, 2.75) is 51.9 Å². The van der Waals surface area contributed by atoms with Crippen LogP contribution in [0.5, 0.6) is 0 Å². The number of aromatic nitrogens is 3. The van der Waals surface area contributed by atoms with Crippen LogP contribution in [-0.4, -0.2) is 31.8 Å². The third-order valence-corrected chi connectivity index (χ3v) is 4.86. The van der Waals surface area contributed by atoms with Crippen LogP contribution in [-0.2, 0) is 13.1 Å². The molecule has 0 amide bonds. The van der Waals surface area contributed by atoms with Crippen molar-refractivity contribution in [2.24, 2.45) is 0 Å². The third-order valence-electron chi connectivity index (χ3n) is 4.44. The normalized spacial score (nSPS) is 19.1. The van der Waals surface area contributed by atoms with Crippen molar-refractivity contribution in [3.63, 3.8) is 0 Å². The van der Waals surface area contributed by atoms with Crippen LogP contribution in [0.2, 0.25) is 0 Å².